The Hall–Kier alpha value is -3.54. The molecular formula is C27H33N3O8. The molecule has 2 fully saturated rings. The van der Waals surface area contributed by atoms with Gasteiger partial charge in [-0.15, -0.1) is 0 Å². The van der Waals surface area contributed by atoms with Gasteiger partial charge < -0.3 is 34.4 Å². The van der Waals surface area contributed by atoms with Crippen molar-refractivity contribution in [3.05, 3.63) is 53.1 Å². The summed E-state index contributed by atoms with van der Waals surface area (Å²) in [6.45, 7) is 0.396. The summed E-state index contributed by atoms with van der Waals surface area (Å²) in [5, 5.41) is 11.6. The maximum Gasteiger partial charge on any atom is 0.338 e. The number of carbonyl (C=O) groups is 4. The first-order chi connectivity index (χ1) is 18.3. The summed E-state index contributed by atoms with van der Waals surface area (Å²) < 4.78 is 17.1. The summed E-state index contributed by atoms with van der Waals surface area (Å²) in [6.07, 6.45) is 4.31. The van der Waals surface area contributed by atoms with Gasteiger partial charge in [-0.1, -0.05) is 12.1 Å². The average Bonchev–Trinajstić information content (AvgIpc) is 3.60. The molecule has 1 aromatic carbocycles. The SMILES string of the molecule is CN(C)C(=O)C=Cc1ccc(C(=O)OC2CC(C(=O)N3CCCC3C(=O)NCCO)=CC3OCOC32)cc1. The van der Waals surface area contributed by atoms with Crippen molar-refractivity contribution in [2.45, 2.75) is 43.6 Å². The Balaban J connectivity index is 1.43. The van der Waals surface area contributed by atoms with Crippen LogP contribution in [0.3, 0.4) is 0 Å². The molecule has 11 heteroatoms. The molecule has 0 bridgehead atoms. The molecule has 38 heavy (non-hydrogen) atoms. The number of carbonyl (C=O) groups excluding carboxylic acids is 4. The van der Waals surface area contributed by atoms with Crippen LogP contribution < -0.4 is 5.32 Å². The molecule has 2 saturated heterocycles. The predicted molar refractivity (Wildman–Crippen MR) is 136 cm³/mol. The molecule has 0 saturated carbocycles. The van der Waals surface area contributed by atoms with Crippen molar-refractivity contribution in [2.24, 2.45) is 0 Å². The van der Waals surface area contributed by atoms with Crippen LogP contribution in [0, 0.1) is 0 Å². The van der Waals surface area contributed by atoms with Gasteiger partial charge in [0, 0.05) is 45.3 Å². The number of hydrogen-bond donors (Lipinski definition) is 2. The highest BCUT2D eigenvalue weighted by Gasteiger charge is 2.44. The van der Waals surface area contributed by atoms with Gasteiger partial charge in [-0.2, -0.15) is 0 Å². The van der Waals surface area contributed by atoms with Crippen LogP contribution in [0.4, 0.5) is 0 Å². The number of hydrogen-bond acceptors (Lipinski definition) is 8. The van der Waals surface area contributed by atoms with Crippen LogP contribution in [0.1, 0.15) is 35.2 Å². The lowest BCUT2D eigenvalue weighted by Gasteiger charge is -2.32. The van der Waals surface area contributed by atoms with Gasteiger partial charge in [0.2, 0.25) is 17.7 Å². The number of likely N-dealkylation sites (tertiary alicyclic amines) is 1. The second kappa shape index (κ2) is 12.3. The van der Waals surface area contributed by atoms with Gasteiger partial charge in [0.1, 0.15) is 31.1 Å². The summed E-state index contributed by atoms with van der Waals surface area (Å²) in [4.78, 5) is 53.6. The van der Waals surface area contributed by atoms with E-state index in [4.69, 9.17) is 19.3 Å². The van der Waals surface area contributed by atoms with E-state index >= 15 is 0 Å². The molecular weight excluding hydrogens is 494 g/mol. The normalized spacial score (nSPS) is 24.6. The zero-order valence-electron chi connectivity index (χ0n) is 21.5. The second-order valence-corrected chi connectivity index (χ2v) is 9.58. The van der Waals surface area contributed by atoms with Gasteiger partial charge in [-0.3, -0.25) is 14.4 Å². The first-order valence-electron chi connectivity index (χ1n) is 12.6. The Morgan fingerprint density at radius 3 is 2.66 bits per heavy atom. The number of rotatable bonds is 8. The van der Waals surface area contributed by atoms with E-state index in [0.29, 0.717) is 30.5 Å². The summed E-state index contributed by atoms with van der Waals surface area (Å²) >= 11 is 0. The van der Waals surface area contributed by atoms with E-state index in [2.05, 4.69) is 5.32 Å². The highest BCUT2D eigenvalue weighted by atomic mass is 16.7. The van der Waals surface area contributed by atoms with Crippen LogP contribution >= 0.6 is 0 Å². The summed E-state index contributed by atoms with van der Waals surface area (Å²) in [5.74, 6) is -1.32. The molecule has 2 aliphatic heterocycles. The van der Waals surface area contributed by atoms with Gasteiger partial charge >= 0.3 is 5.97 Å². The van der Waals surface area contributed by atoms with Crippen molar-refractivity contribution >= 4 is 29.8 Å². The summed E-state index contributed by atoms with van der Waals surface area (Å²) in [5.41, 5.74) is 1.47. The molecule has 2 heterocycles. The maximum atomic E-state index is 13.4. The topological polar surface area (TPSA) is 135 Å². The van der Waals surface area contributed by atoms with Crippen LogP contribution in [0.15, 0.2) is 42.0 Å². The third-order valence-corrected chi connectivity index (χ3v) is 6.76. The lowest BCUT2D eigenvalue weighted by molar-refractivity contribution is -0.136. The zero-order chi connectivity index (χ0) is 27.2. The summed E-state index contributed by atoms with van der Waals surface area (Å²) in [7, 11) is 3.32. The molecule has 3 amide bonds. The number of amides is 3. The number of fused-ring (bicyclic) bond motifs is 1. The molecule has 1 aliphatic carbocycles. The lowest BCUT2D eigenvalue weighted by atomic mass is 9.91. The first-order valence-corrected chi connectivity index (χ1v) is 12.6. The molecule has 2 N–H and O–H groups in total. The van der Waals surface area contributed by atoms with Gasteiger partial charge in [-0.05, 0) is 42.7 Å². The maximum absolute atomic E-state index is 13.4. The lowest BCUT2D eigenvalue weighted by Crippen LogP contribution is -2.49. The first kappa shape index (κ1) is 27.5. The molecule has 1 aromatic rings. The Morgan fingerprint density at radius 1 is 1.18 bits per heavy atom. The molecule has 0 aromatic heterocycles. The largest absolute Gasteiger partial charge is 0.456 e. The standard InChI is InChI=1S/C27H33N3O8/c1-29(2)23(32)10-7-17-5-8-18(9-6-17)27(35)38-22-15-19(14-21-24(22)37-16-36-21)26(34)30-12-3-4-20(30)25(33)28-11-13-31/h5-10,14,20-22,24,31H,3-4,11-13,15-16H2,1-2H3,(H,28,33). The van der Waals surface area contributed by atoms with Gasteiger partial charge in [0.25, 0.3) is 0 Å². The van der Waals surface area contributed by atoms with Crippen LogP contribution in [-0.4, -0.2) is 104 Å². The van der Waals surface area contributed by atoms with Crippen molar-refractivity contribution in [2.75, 3.05) is 40.6 Å². The average molecular weight is 528 g/mol. The minimum absolute atomic E-state index is 0.0178. The Labute approximate surface area is 221 Å². The molecule has 0 radical (unpaired) electrons. The van der Waals surface area contributed by atoms with Crippen molar-refractivity contribution in [3.8, 4) is 0 Å². The van der Waals surface area contributed by atoms with E-state index in [9.17, 15) is 19.2 Å². The smallest absolute Gasteiger partial charge is 0.338 e. The van der Waals surface area contributed by atoms with Crippen molar-refractivity contribution in [3.63, 3.8) is 0 Å². The Kier molecular flexibility index (Phi) is 8.93. The monoisotopic (exact) mass is 527 g/mol. The van der Waals surface area contributed by atoms with Crippen LogP contribution in [0.2, 0.25) is 0 Å². The van der Waals surface area contributed by atoms with Crippen LogP contribution in [-0.2, 0) is 28.6 Å². The van der Waals surface area contributed by atoms with E-state index in [1.807, 2.05) is 0 Å². The van der Waals surface area contributed by atoms with Crippen molar-refractivity contribution in [1.29, 1.82) is 0 Å². The molecule has 4 rings (SSSR count). The van der Waals surface area contributed by atoms with Crippen LogP contribution in [0.25, 0.3) is 6.08 Å². The molecule has 4 atom stereocenters. The number of benzene rings is 1. The molecule has 11 nitrogen and oxygen atoms in total. The van der Waals surface area contributed by atoms with Gasteiger partial charge in [-0.25, -0.2) is 4.79 Å². The van der Waals surface area contributed by atoms with Gasteiger partial charge in [0.05, 0.1) is 12.2 Å². The quantitative estimate of drug-likeness (QED) is 0.368. The number of aliphatic hydroxyl groups is 1. The fraction of sp³-hybridized carbons (Fsp3) is 0.481. The van der Waals surface area contributed by atoms with E-state index in [1.54, 1.807) is 50.5 Å². The van der Waals surface area contributed by atoms with Gasteiger partial charge in [0.15, 0.2) is 0 Å². The fourth-order valence-corrected chi connectivity index (χ4v) is 4.73. The molecule has 3 aliphatic rings. The minimum atomic E-state index is -0.750. The molecule has 4 unspecified atom stereocenters. The highest BCUT2D eigenvalue weighted by Crippen LogP contribution is 2.33. The predicted octanol–water partition coefficient (Wildman–Crippen LogP) is 0.485. The number of nitrogens with one attached hydrogen (secondary N) is 1. The number of nitrogens with zero attached hydrogens (tertiary/aromatic N) is 2. The number of esters is 1. The van der Waals surface area contributed by atoms with Crippen LogP contribution in [0.5, 0.6) is 0 Å². The molecule has 0 spiro atoms. The number of ether oxygens (including phenoxy) is 3. The number of likely N-dealkylation sites (N-methyl/N-ethyl adjacent to an activating group) is 1. The Morgan fingerprint density at radius 2 is 1.95 bits per heavy atom. The highest BCUT2D eigenvalue weighted by molar-refractivity contribution is 5.98. The van der Waals surface area contributed by atoms with Crippen molar-refractivity contribution < 1.29 is 38.5 Å². The third-order valence-electron chi connectivity index (χ3n) is 6.76. The van der Waals surface area contributed by atoms with Crippen molar-refractivity contribution in [1.82, 2.24) is 15.1 Å². The second-order valence-electron chi connectivity index (χ2n) is 9.58. The molecule has 204 valence electrons. The Bertz CT molecular complexity index is 1110. The third kappa shape index (κ3) is 6.29. The van der Waals surface area contributed by atoms with E-state index in [0.717, 1.165) is 5.56 Å². The minimum Gasteiger partial charge on any atom is -0.456 e. The summed E-state index contributed by atoms with van der Waals surface area (Å²) in [6, 6.07) is 6.01. The van der Waals surface area contributed by atoms with E-state index < -0.39 is 30.3 Å². The fourth-order valence-electron chi connectivity index (χ4n) is 4.73. The zero-order valence-corrected chi connectivity index (χ0v) is 21.5. The van der Waals surface area contributed by atoms with E-state index in [1.165, 1.54) is 15.9 Å². The van der Waals surface area contributed by atoms with E-state index in [-0.39, 0.29) is 44.1 Å². The number of aliphatic hydroxyl groups excluding tert-OH is 1.